The van der Waals surface area contributed by atoms with E-state index in [1.54, 1.807) is 19.2 Å². The monoisotopic (exact) mass is 284 g/mol. The Balaban J connectivity index is 1.83. The molecule has 0 bridgehead atoms. The second-order valence-corrected chi connectivity index (χ2v) is 5.05. The molecule has 21 heavy (non-hydrogen) atoms. The molecule has 1 atom stereocenters. The molecule has 0 radical (unpaired) electrons. The Hall–Kier alpha value is -2.49. The molecule has 0 amide bonds. The fourth-order valence-corrected chi connectivity index (χ4v) is 2.55. The van der Waals surface area contributed by atoms with Crippen LogP contribution in [-0.4, -0.2) is 18.2 Å². The molecule has 1 aliphatic rings. The van der Waals surface area contributed by atoms with Gasteiger partial charge in [0.05, 0.1) is 12.7 Å². The number of fused-ring (bicyclic) bond motifs is 1. The van der Waals surface area contributed by atoms with E-state index >= 15 is 0 Å². The lowest BCUT2D eigenvalue weighted by atomic mass is 9.97. The van der Waals surface area contributed by atoms with Crippen LogP contribution in [0.5, 0.6) is 11.5 Å². The summed E-state index contributed by atoms with van der Waals surface area (Å²) in [5, 5.41) is 8.93. The van der Waals surface area contributed by atoms with Gasteiger partial charge in [0.15, 0.2) is 0 Å². The molecule has 4 heteroatoms. The first-order chi connectivity index (χ1) is 10.2. The maximum Gasteiger partial charge on any atom is 0.335 e. The molecule has 1 aliphatic heterocycles. The standard InChI is InChI=1S/C17H16O4/c1-20-14-8-6-12-7-9-15(21-16(12)10-14)11-2-4-13(5-3-11)17(18)19/h2-6,8,10,15H,7,9H2,1H3,(H,18,19). The Morgan fingerprint density at radius 1 is 1.24 bits per heavy atom. The largest absolute Gasteiger partial charge is 0.497 e. The van der Waals surface area contributed by atoms with Crippen LogP contribution in [0.25, 0.3) is 0 Å². The Bertz CT molecular complexity index is 661. The molecule has 2 aromatic rings. The smallest absolute Gasteiger partial charge is 0.335 e. The van der Waals surface area contributed by atoms with Crippen molar-refractivity contribution in [2.75, 3.05) is 7.11 Å². The zero-order valence-electron chi connectivity index (χ0n) is 11.7. The summed E-state index contributed by atoms with van der Waals surface area (Å²) in [7, 11) is 1.63. The quantitative estimate of drug-likeness (QED) is 0.937. The summed E-state index contributed by atoms with van der Waals surface area (Å²) < 4.78 is 11.3. The van der Waals surface area contributed by atoms with Crippen LogP contribution >= 0.6 is 0 Å². The van der Waals surface area contributed by atoms with Crippen molar-refractivity contribution in [1.82, 2.24) is 0 Å². The predicted octanol–water partition coefficient (Wildman–Crippen LogP) is 3.46. The van der Waals surface area contributed by atoms with Crippen LogP contribution in [-0.2, 0) is 6.42 Å². The second kappa shape index (κ2) is 5.48. The van der Waals surface area contributed by atoms with Gasteiger partial charge in [0.25, 0.3) is 0 Å². The first kappa shape index (κ1) is 13.5. The van der Waals surface area contributed by atoms with Crippen molar-refractivity contribution in [3.8, 4) is 11.5 Å². The number of aromatic carboxylic acids is 1. The highest BCUT2D eigenvalue weighted by atomic mass is 16.5. The van der Waals surface area contributed by atoms with E-state index < -0.39 is 5.97 Å². The van der Waals surface area contributed by atoms with Crippen LogP contribution in [0.15, 0.2) is 42.5 Å². The lowest BCUT2D eigenvalue weighted by molar-refractivity contribution is 0.0696. The zero-order chi connectivity index (χ0) is 14.8. The first-order valence-corrected chi connectivity index (χ1v) is 6.84. The minimum Gasteiger partial charge on any atom is -0.497 e. The zero-order valence-corrected chi connectivity index (χ0v) is 11.7. The normalized spacial score (nSPS) is 16.7. The summed E-state index contributed by atoms with van der Waals surface area (Å²) in [4.78, 5) is 10.9. The van der Waals surface area contributed by atoms with Crippen molar-refractivity contribution in [2.45, 2.75) is 18.9 Å². The van der Waals surface area contributed by atoms with Crippen molar-refractivity contribution in [2.24, 2.45) is 0 Å². The third-order valence-electron chi connectivity index (χ3n) is 3.75. The van der Waals surface area contributed by atoms with E-state index in [-0.39, 0.29) is 11.7 Å². The number of methoxy groups -OCH3 is 1. The molecule has 1 unspecified atom stereocenters. The highest BCUT2D eigenvalue weighted by Gasteiger charge is 2.22. The summed E-state index contributed by atoms with van der Waals surface area (Å²) in [5.74, 6) is 0.699. The molecule has 4 nitrogen and oxygen atoms in total. The Morgan fingerprint density at radius 3 is 2.67 bits per heavy atom. The topological polar surface area (TPSA) is 55.8 Å². The maximum absolute atomic E-state index is 10.9. The molecule has 108 valence electrons. The van der Waals surface area contributed by atoms with E-state index in [2.05, 4.69) is 0 Å². The van der Waals surface area contributed by atoms with Gasteiger partial charge in [-0.3, -0.25) is 0 Å². The number of ether oxygens (including phenoxy) is 2. The van der Waals surface area contributed by atoms with Gasteiger partial charge in [-0.15, -0.1) is 0 Å². The van der Waals surface area contributed by atoms with Crippen LogP contribution in [0, 0.1) is 0 Å². The molecular formula is C17H16O4. The third-order valence-corrected chi connectivity index (χ3v) is 3.75. The molecule has 1 N–H and O–H groups in total. The molecule has 0 spiro atoms. The SMILES string of the molecule is COc1ccc2c(c1)OC(c1ccc(C(=O)O)cc1)CC2. The summed E-state index contributed by atoms with van der Waals surface area (Å²) in [6.07, 6.45) is 1.77. The van der Waals surface area contributed by atoms with Gasteiger partial charge in [-0.25, -0.2) is 4.79 Å². The molecule has 0 aromatic heterocycles. The molecule has 0 fully saturated rings. The number of carboxylic acids is 1. The Morgan fingerprint density at radius 2 is 2.00 bits per heavy atom. The molecule has 0 saturated carbocycles. The van der Waals surface area contributed by atoms with Gasteiger partial charge in [0.1, 0.15) is 17.6 Å². The highest BCUT2D eigenvalue weighted by Crippen LogP contribution is 2.36. The average molecular weight is 284 g/mol. The minimum absolute atomic E-state index is 0.0487. The van der Waals surface area contributed by atoms with Crippen LogP contribution in [0.4, 0.5) is 0 Å². The number of rotatable bonds is 3. The molecule has 3 rings (SSSR count). The maximum atomic E-state index is 10.9. The Labute approximate surface area is 122 Å². The number of hydrogen-bond acceptors (Lipinski definition) is 3. The van der Waals surface area contributed by atoms with E-state index in [0.29, 0.717) is 0 Å². The summed E-state index contributed by atoms with van der Waals surface area (Å²) in [6, 6.07) is 12.7. The average Bonchev–Trinajstić information content (AvgIpc) is 2.53. The second-order valence-electron chi connectivity index (χ2n) is 5.05. The van der Waals surface area contributed by atoms with Crippen LogP contribution in [0.1, 0.15) is 34.0 Å². The highest BCUT2D eigenvalue weighted by molar-refractivity contribution is 5.87. The number of carboxylic acid groups (broad SMARTS) is 1. The van der Waals surface area contributed by atoms with Crippen LogP contribution in [0.2, 0.25) is 0 Å². The van der Waals surface area contributed by atoms with Crippen molar-refractivity contribution in [3.05, 3.63) is 59.2 Å². The molecule has 1 heterocycles. The van der Waals surface area contributed by atoms with Crippen molar-refractivity contribution in [3.63, 3.8) is 0 Å². The van der Waals surface area contributed by atoms with Gasteiger partial charge in [0, 0.05) is 6.07 Å². The molecule has 2 aromatic carbocycles. The van der Waals surface area contributed by atoms with E-state index in [4.69, 9.17) is 14.6 Å². The fraction of sp³-hybridized carbons (Fsp3) is 0.235. The predicted molar refractivity (Wildman–Crippen MR) is 78.1 cm³/mol. The summed E-state index contributed by atoms with van der Waals surface area (Å²) >= 11 is 0. The van der Waals surface area contributed by atoms with Gasteiger partial charge in [0.2, 0.25) is 0 Å². The van der Waals surface area contributed by atoms with Crippen molar-refractivity contribution < 1.29 is 19.4 Å². The lowest BCUT2D eigenvalue weighted by Gasteiger charge is -2.26. The number of benzene rings is 2. The van der Waals surface area contributed by atoms with E-state index in [1.165, 1.54) is 5.56 Å². The van der Waals surface area contributed by atoms with E-state index in [9.17, 15) is 4.79 Å². The van der Waals surface area contributed by atoms with E-state index in [1.807, 2.05) is 30.3 Å². The van der Waals surface area contributed by atoms with Gasteiger partial charge in [-0.2, -0.15) is 0 Å². The van der Waals surface area contributed by atoms with Gasteiger partial charge in [-0.1, -0.05) is 18.2 Å². The fourth-order valence-electron chi connectivity index (χ4n) is 2.55. The van der Waals surface area contributed by atoms with Gasteiger partial charge in [-0.05, 0) is 42.2 Å². The van der Waals surface area contributed by atoms with Gasteiger partial charge < -0.3 is 14.6 Å². The van der Waals surface area contributed by atoms with Gasteiger partial charge >= 0.3 is 5.97 Å². The summed E-state index contributed by atoms with van der Waals surface area (Å²) in [6.45, 7) is 0. The summed E-state index contributed by atoms with van der Waals surface area (Å²) in [5.41, 5.74) is 2.46. The minimum atomic E-state index is -0.916. The van der Waals surface area contributed by atoms with Crippen molar-refractivity contribution >= 4 is 5.97 Å². The molecular weight excluding hydrogens is 268 g/mol. The number of carbonyl (C=O) groups is 1. The van der Waals surface area contributed by atoms with E-state index in [0.717, 1.165) is 29.9 Å². The lowest BCUT2D eigenvalue weighted by Crippen LogP contribution is -2.15. The number of hydrogen-bond donors (Lipinski definition) is 1. The number of aryl methyl sites for hydroxylation is 1. The molecule has 0 aliphatic carbocycles. The first-order valence-electron chi connectivity index (χ1n) is 6.84. The van der Waals surface area contributed by atoms with Crippen molar-refractivity contribution in [1.29, 1.82) is 0 Å². The van der Waals surface area contributed by atoms with Crippen LogP contribution < -0.4 is 9.47 Å². The van der Waals surface area contributed by atoms with Crippen LogP contribution in [0.3, 0.4) is 0 Å². The molecule has 0 saturated heterocycles. The Kier molecular flexibility index (Phi) is 3.52. The third kappa shape index (κ3) is 2.70.